The minimum atomic E-state index is -4.41. The van der Waals surface area contributed by atoms with E-state index in [2.05, 4.69) is 10.3 Å². The number of aromatic nitrogens is 2. The molecule has 5 nitrogen and oxygen atoms in total. The van der Waals surface area contributed by atoms with Crippen LogP contribution >= 0.6 is 0 Å². The molecule has 1 amide bonds. The number of aryl methyl sites for hydroxylation is 2. The lowest BCUT2D eigenvalue weighted by atomic mass is 10.1. The summed E-state index contributed by atoms with van der Waals surface area (Å²) >= 11 is 0. The van der Waals surface area contributed by atoms with E-state index in [0.717, 1.165) is 17.8 Å². The fourth-order valence-corrected chi connectivity index (χ4v) is 2.85. The van der Waals surface area contributed by atoms with Gasteiger partial charge >= 0.3 is 6.18 Å². The molecule has 8 heteroatoms. The van der Waals surface area contributed by atoms with Crippen molar-refractivity contribution in [2.75, 3.05) is 0 Å². The minimum absolute atomic E-state index is 0.00667. The summed E-state index contributed by atoms with van der Waals surface area (Å²) in [5.74, 6) is -0.588. The van der Waals surface area contributed by atoms with Gasteiger partial charge in [0, 0.05) is 25.0 Å². The van der Waals surface area contributed by atoms with Crippen molar-refractivity contribution in [2.45, 2.75) is 33.1 Å². The third-order valence-electron chi connectivity index (χ3n) is 4.38. The van der Waals surface area contributed by atoms with E-state index in [4.69, 9.17) is 0 Å². The van der Waals surface area contributed by atoms with Gasteiger partial charge in [-0.15, -0.1) is 0 Å². The highest BCUT2D eigenvalue weighted by Gasteiger charge is 2.29. The molecule has 0 aliphatic carbocycles. The van der Waals surface area contributed by atoms with Crippen LogP contribution in [0.5, 0.6) is 0 Å². The van der Waals surface area contributed by atoms with Crippen molar-refractivity contribution in [3.63, 3.8) is 0 Å². The van der Waals surface area contributed by atoms with Crippen molar-refractivity contribution >= 4 is 16.9 Å². The topological polar surface area (TPSA) is 64.0 Å². The molecule has 3 aromatic rings. The maximum absolute atomic E-state index is 12.7. The third kappa shape index (κ3) is 3.90. The largest absolute Gasteiger partial charge is 0.416 e. The van der Waals surface area contributed by atoms with E-state index >= 15 is 0 Å². The number of halogens is 3. The Morgan fingerprint density at radius 1 is 1.14 bits per heavy atom. The molecule has 0 atom stereocenters. The zero-order valence-electron chi connectivity index (χ0n) is 15.3. The van der Waals surface area contributed by atoms with E-state index in [1.54, 1.807) is 16.7 Å². The van der Waals surface area contributed by atoms with Gasteiger partial charge in [0.2, 0.25) is 5.43 Å². The standard InChI is InChI=1S/C20H18F3N3O2/c1-3-26-11-16(17(27)15-9-4-12(2)25-18(15)26)19(28)24-10-13-5-7-14(8-6-13)20(21,22)23/h4-9,11H,3,10H2,1-2H3,(H,24,28). The number of carbonyl (C=O) groups is 1. The van der Waals surface area contributed by atoms with Crippen molar-refractivity contribution in [3.8, 4) is 0 Å². The van der Waals surface area contributed by atoms with E-state index in [1.165, 1.54) is 18.3 Å². The van der Waals surface area contributed by atoms with Crippen LogP contribution < -0.4 is 10.7 Å². The Labute approximate surface area is 158 Å². The van der Waals surface area contributed by atoms with Gasteiger partial charge in [-0.25, -0.2) is 4.98 Å². The monoisotopic (exact) mass is 389 g/mol. The van der Waals surface area contributed by atoms with E-state index in [-0.39, 0.29) is 12.1 Å². The van der Waals surface area contributed by atoms with Crippen LogP contribution in [0.25, 0.3) is 11.0 Å². The minimum Gasteiger partial charge on any atom is -0.348 e. The lowest BCUT2D eigenvalue weighted by Crippen LogP contribution is -2.29. The highest BCUT2D eigenvalue weighted by molar-refractivity contribution is 5.96. The van der Waals surface area contributed by atoms with Gasteiger partial charge in [0.1, 0.15) is 11.2 Å². The second-order valence-corrected chi connectivity index (χ2v) is 6.36. The first kappa shape index (κ1) is 19.6. The van der Waals surface area contributed by atoms with Gasteiger partial charge in [-0.05, 0) is 43.7 Å². The fraction of sp³-hybridized carbons (Fsp3) is 0.250. The number of nitrogens with zero attached hydrogens (tertiary/aromatic N) is 2. The molecule has 0 aliphatic heterocycles. The molecule has 0 saturated heterocycles. The van der Waals surface area contributed by atoms with Gasteiger partial charge in [-0.1, -0.05) is 12.1 Å². The molecule has 2 aromatic heterocycles. The molecule has 0 aliphatic rings. The lowest BCUT2D eigenvalue weighted by molar-refractivity contribution is -0.137. The summed E-state index contributed by atoms with van der Waals surface area (Å²) in [6.45, 7) is 4.21. The number of hydrogen-bond donors (Lipinski definition) is 1. The van der Waals surface area contributed by atoms with Crippen molar-refractivity contribution in [2.24, 2.45) is 0 Å². The summed E-state index contributed by atoms with van der Waals surface area (Å²) in [7, 11) is 0. The first-order valence-corrected chi connectivity index (χ1v) is 8.66. The number of benzene rings is 1. The van der Waals surface area contributed by atoms with Crippen LogP contribution in [-0.2, 0) is 19.3 Å². The highest BCUT2D eigenvalue weighted by Crippen LogP contribution is 2.29. The molecule has 0 fully saturated rings. The Morgan fingerprint density at radius 2 is 1.82 bits per heavy atom. The van der Waals surface area contributed by atoms with Crippen LogP contribution in [0.15, 0.2) is 47.4 Å². The summed E-state index contributed by atoms with van der Waals surface area (Å²) in [6.07, 6.45) is -2.95. The van der Waals surface area contributed by atoms with Crippen molar-refractivity contribution in [1.29, 1.82) is 0 Å². The van der Waals surface area contributed by atoms with Gasteiger partial charge < -0.3 is 9.88 Å². The van der Waals surface area contributed by atoms with Crippen LogP contribution in [0, 0.1) is 6.92 Å². The molecular weight excluding hydrogens is 371 g/mol. The molecule has 0 spiro atoms. The molecule has 3 rings (SSSR count). The average Bonchev–Trinajstić information content (AvgIpc) is 2.66. The molecule has 0 unspecified atom stereocenters. The van der Waals surface area contributed by atoms with E-state index in [0.29, 0.717) is 23.1 Å². The smallest absolute Gasteiger partial charge is 0.348 e. The van der Waals surface area contributed by atoms with Gasteiger partial charge in [-0.2, -0.15) is 13.2 Å². The van der Waals surface area contributed by atoms with Gasteiger partial charge in [0.25, 0.3) is 5.91 Å². The number of pyridine rings is 2. The normalized spacial score (nSPS) is 11.6. The Morgan fingerprint density at radius 3 is 2.43 bits per heavy atom. The molecule has 1 aromatic carbocycles. The third-order valence-corrected chi connectivity index (χ3v) is 4.38. The first-order chi connectivity index (χ1) is 13.2. The van der Waals surface area contributed by atoms with Crippen LogP contribution in [0.4, 0.5) is 13.2 Å². The predicted molar refractivity (Wildman–Crippen MR) is 99.0 cm³/mol. The molecule has 28 heavy (non-hydrogen) atoms. The number of fused-ring (bicyclic) bond motifs is 1. The second kappa shape index (κ2) is 7.46. The maximum Gasteiger partial charge on any atom is 0.416 e. The Kier molecular flexibility index (Phi) is 5.22. The van der Waals surface area contributed by atoms with Crippen LogP contribution in [0.2, 0.25) is 0 Å². The van der Waals surface area contributed by atoms with E-state index in [1.807, 2.05) is 13.8 Å². The van der Waals surface area contributed by atoms with Crippen molar-refractivity contribution in [3.05, 3.63) is 75.2 Å². The van der Waals surface area contributed by atoms with E-state index in [9.17, 15) is 22.8 Å². The molecule has 0 saturated carbocycles. The number of amides is 1. The lowest BCUT2D eigenvalue weighted by Gasteiger charge is -2.12. The Balaban J connectivity index is 1.85. The quantitative estimate of drug-likeness (QED) is 0.741. The van der Waals surface area contributed by atoms with Crippen LogP contribution in [0.1, 0.15) is 34.1 Å². The van der Waals surface area contributed by atoms with Gasteiger partial charge in [0.15, 0.2) is 0 Å². The summed E-state index contributed by atoms with van der Waals surface area (Å²) in [6, 6.07) is 7.83. The zero-order valence-corrected chi connectivity index (χ0v) is 15.3. The Hall–Kier alpha value is -3.16. The number of hydrogen-bond acceptors (Lipinski definition) is 3. The number of alkyl halides is 3. The van der Waals surface area contributed by atoms with E-state index < -0.39 is 23.1 Å². The predicted octanol–water partition coefficient (Wildman–Crippen LogP) is 3.67. The van der Waals surface area contributed by atoms with Crippen molar-refractivity contribution < 1.29 is 18.0 Å². The average molecular weight is 389 g/mol. The number of nitrogens with one attached hydrogen (secondary N) is 1. The van der Waals surface area contributed by atoms with Gasteiger partial charge in [0.05, 0.1) is 10.9 Å². The van der Waals surface area contributed by atoms with Crippen LogP contribution in [0.3, 0.4) is 0 Å². The summed E-state index contributed by atoms with van der Waals surface area (Å²) < 4.78 is 39.6. The molecule has 0 radical (unpaired) electrons. The first-order valence-electron chi connectivity index (χ1n) is 8.66. The zero-order chi connectivity index (χ0) is 20.5. The molecule has 0 bridgehead atoms. The molecular formula is C20H18F3N3O2. The molecule has 1 N–H and O–H groups in total. The SMILES string of the molecule is CCn1cc(C(=O)NCc2ccc(C(F)(F)F)cc2)c(=O)c2ccc(C)nc21. The Bertz CT molecular complexity index is 1090. The molecule has 146 valence electrons. The number of rotatable bonds is 4. The summed E-state index contributed by atoms with van der Waals surface area (Å²) in [5.41, 5.74) is 0.533. The number of carbonyl (C=O) groups excluding carboxylic acids is 1. The maximum atomic E-state index is 12.7. The molecule has 2 heterocycles. The summed E-state index contributed by atoms with van der Waals surface area (Å²) in [5, 5.41) is 2.93. The summed E-state index contributed by atoms with van der Waals surface area (Å²) in [4.78, 5) is 29.6. The van der Waals surface area contributed by atoms with Gasteiger partial charge in [-0.3, -0.25) is 9.59 Å². The highest BCUT2D eigenvalue weighted by atomic mass is 19.4. The second-order valence-electron chi connectivity index (χ2n) is 6.36. The van der Waals surface area contributed by atoms with Crippen molar-refractivity contribution in [1.82, 2.24) is 14.9 Å². The fourth-order valence-electron chi connectivity index (χ4n) is 2.85. The van der Waals surface area contributed by atoms with Crippen LogP contribution in [-0.4, -0.2) is 15.5 Å².